The molecule has 18 heavy (non-hydrogen) atoms. The van der Waals surface area contributed by atoms with Crippen LogP contribution in [0.3, 0.4) is 0 Å². The first-order chi connectivity index (χ1) is 8.72. The second kappa shape index (κ2) is 4.01. The first-order valence-electron chi connectivity index (χ1n) is 5.63. The molecular formula is C14H10ClN3. The highest BCUT2D eigenvalue weighted by Crippen LogP contribution is 2.38. The highest BCUT2D eigenvalue weighted by molar-refractivity contribution is 6.30. The van der Waals surface area contributed by atoms with E-state index in [1.807, 2.05) is 24.3 Å². The molecule has 3 nitrogen and oxygen atoms in total. The molecule has 0 spiro atoms. The summed E-state index contributed by atoms with van der Waals surface area (Å²) in [6, 6.07) is 9.89. The minimum absolute atomic E-state index is 0.579. The number of fused-ring (bicyclic) bond motifs is 3. The normalized spacial score (nSPS) is 11.6. The summed E-state index contributed by atoms with van der Waals surface area (Å²) in [4.78, 5) is 4.54. The molecule has 0 saturated heterocycles. The van der Waals surface area contributed by atoms with Crippen LogP contribution in [0.15, 0.2) is 24.3 Å². The van der Waals surface area contributed by atoms with E-state index in [9.17, 15) is 0 Å². The Balaban J connectivity index is 2.22. The van der Waals surface area contributed by atoms with E-state index in [2.05, 4.69) is 16.4 Å². The van der Waals surface area contributed by atoms with E-state index in [0.717, 1.165) is 28.3 Å². The summed E-state index contributed by atoms with van der Waals surface area (Å²) in [5.74, 6) is 0.624. The number of hydrogen-bond donors (Lipinski definition) is 1. The van der Waals surface area contributed by atoms with Crippen LogP contribution in [0.1, 0.15) is 16.7 Å². The minimum Gasteiger partial charge on any atom is -0.372 e. The maximum absolute atomic E-state index is 9.09. The smallest absolute Gasteiger partial charge is 0.144 e. The predicted molar refractivity (Wildman–Crippen MR) is 71.8 cm³/mol. The van der Waals surface area contributed by atoms with E-state index in [-0.39, 0.29) is 0 Å². The maximum atomic E-state index is 9.09. The van der Waals surface area contributed by atoms with E-state index >= 15 is 0 Å². The Kier molecular flexibility index (Phi) is 2.46. The van der Waals surface area contributed by atoms with Crippen LogP contribution >= 0.6 is 11.6 Å². The van der Waals surface area contributed by atoms with Crippen molar-refractivity contribution in [3.63, 3.8) is 0 Å². The van der Waals surface area contributed by atoms with Crippen molar-refractivity contribution >= 4 is 17.4 Å². The van der Waals surface area contributed by atoms with Crippen molar-refractivity contribution in [2.45, 2.75) is 6.42 Å². The fourth-order valence-corrected chi connectivity index (χ4v) is 2.54. The van der Waals surface area contributed by atoms with Gasteiger partial charge in [0.25, 0.3) is 0 Å². The zero-order valence-corrected chi connectivity index (χ0v) is 10.5. The molecule has 4 heteroatoms. The van der Waals surface area contributed by atoms with Crippen LogP contribution in [0.2, 0.25) is 5.02 Å². The van der Waals surface area contributed by atoms with Crippen LogP contribution in [-0.2, 0) is 6.42 Å². The summed E-state index contributed by atoms with van der Waals surface area (Å²) in [5, 5.41) is 12.8. The molecule has 0 radical (unpaired) electrons. The molecule has 0 aliphatic heterocycles. The number of halogens is 1. The van der Waals surface area contributed by atoms with Gasteiger partial charge in [0.1, 0.15) is 11.9 Å². The first kappa shape index (κ1) is 11.1. The third kappa shape index (κ3) is 1.54. The molecule has 0 unspecified atom stereocenters. The number of aromatic nitrogens is 1. The Labute approximate surface area is 110 Å². The molecule has 3 rings (SSSR count). The molecule has 0 amide bonds. The molecule has 1 aromatic carbocycles. The van der Waals surface area contributed by atoms with Crippen molar-refractivity contribution in [2.24, 2.45) is 0 Å². The van der Waals surface area contributed by atoms with Crippen LogP contribution in [0.4, 0.5) is 5.82 Å². The molecule has 0 saturated carbocycles. The third-order valence-corrected chi connectivity index (χ3v) is 3.40. The van der Waals surface area contributed by atoms with Gasteiger partial charge >= 0.3 is 0 Å². The van der Waals surface area contributed by atoms with E-state index in [4.69, 9.17) is 16.9 Å². The number of nitrogens with one attached hydrogen (secondary N) is 1. The standard InChI is InChI=1S/C14H10ClN3/c1-17-14-10(7-16)5-9-4-8-6-11(15)2-3-12(8)13(9)18-14/h2-3,5-6H,4H2,1H3,(H,17,18). The Hall–Kier alpha value is -2.05. The molecule has 1 aromatic heterocycles. The van der Waals surface area contributed by atoms with Gasteiger partial charge in [-0.15, -0.1) is 0 Å². The van der Waals surface area contributed by atoms with Gasteiger partial charge in [-0.3, -0.25) is 0 Å². The van der Waals surface area contributed by atoms with Gasteiger partial charge in [0.15, 0.2) is 0 Å². The zero-order valence-electron chi connectivity index (χ0n) is 9.79. The van der Waals surface area contributed by atoms with Gasteiger partial charge in [-0.1, -0.05) is 17.7 Å². The fraction of sp³-hybridized carbons (Fsp3) is 0.143. The average molecular weight is 256 g/mol. The van der Waals surface area contributed by atoms with Gasteiger partial charge in [-0.05, 0) is 29.3 Å². The lowest BCUT2D eigenvalue weighted by Crippen LogP contribution is -1.98. The van der Waals surface area contributed by atoms with Gasteiger partial charge in [0.05, 0.1) is 11.3 Å². The van der Waals surface area contributed by atoms with Crippen LogP contribution in [0, 0.1) is 11.3 Å². The minimum atomic E-state index is 0.579. The summed E-state index contributed by atoms with van der Waals surface area (Å²) in [7, 11) is 1.77. The van der Waals surface area contributed by atoms with E-state index < -0.39 is 0 Å². The monoisotopic (exact) mass is 255 g/mol. The molecule has 0 atom stereocenters. The Bertz CT molecular complexity index is 686. The number of rotatable bonds is 1. The van der Waals surface area contributed by atoms with Crippen molar-refractivity contribution in [1.29, 1.82) is 5.26 Å². The average Bonchev–Trinajstić information content (AvgIpc) is 2.73. The van der Waals surface area contributed by atoms with Crippen LogP contribution in [0.5, 0.6) is 0 Å². The maximum Gasteiger partial charge on any atom is 0.144 e. The quantitative estimate of drug-likeness (QED) is 0.726. The van der Waals surface area contributed by atoms with Gasteiger partial charge < -0.3 is 5.32 Å². The molecule has 0 bridgehead atoms. The number of nitriles is 1. The summed E-state index contributed by atoms with van der Waals surface area (Å²) in [5.41, 5.74) is 4.89. The Morgan fingerprint density at radius 3 is 2.89 bits per heavy atom. The molecule has 88 valence electrons. The lowest BCUT2D eigenvalue weighted by molar-refractivity contribution is 1.21. The van der Waals surface area contributed by atoms with Crippen molar-refractivity contribution in [3.05, 3.63) is 46.0 Å². The molecule has 1 aliphatic rings. The molecule has 1 aliphatic carbocycles. The summed E-state index contributed by atoms with van der Waals surface area (Å²) < 4.78 is 0. The first-order valence-corrected chi connectivity index (χ1v) is 6.01. The number of pyridine rings is 1. The summed E-state index contributed by atoms with van der Waals surface area (Å²) in [6.45, 7) is 0. The number of anilines is 1. The SMILES string of the molecule is CNc1nc2c(cc1C#N)Cc1cc(Cl)ccc1-2. The Morgan fingerprint density at radius 1 is 1.33 bits per heavy atom. The second-order valence-electron chi connectivity index (χ2n) is 4.23. The largest absolute Gasteiger partial charge is 0.372 e. The van der Waals surface area contributed by atoms with Gasteiger partial charge in [0.2, 0.25) is 0 Å². The van der Waals surface area contributed by atoms with Crippen molar-refractivity contribution < 1.29 is 0 Å². The lowest BCUT2D eigenvalue weighted by atomic mass is 10.1. The molecule has 0 fully saturated rings. The Morgan fingerprint density at radius 2 is 2.17 bits per heavy atom. The lowest BCUT2D eigenvalue weighted by Gasteiger charge is -2.06. The highest BCUT2D eigenvalue weighted by atomic mass is 35.5. The summed E-state index contributed by atoms with van der Waals surface area (Å²) >= 11 is 6.00. The molecule has 2 aromatic rings. The van der Waals surface area contributed by atoms with Crippen molar-refractivity contribution in [3.8, 4) is 17.3 Å². The van der Waals surface area contributed by atoms with Gasteiger partial charge in [-0.2, -0.15) is 5.26 Å². The van der Waals surface area contributed by atoms with E-state index in [1.54, 1.807) is 7.05 Å². The van der Waals surface area contributed by atoms with E-state index in [0.29, 0.717) is 11.4 Å². The highest BCUT2D eigenvalue weighted by Gasteiger charge is 2.22. The number of nitrogens with zero attached hydrogens (tertiary/aromatic N) is 2. The number of hydrogen-bond acceptors (Lipinski definition) is 3. The molecular weight excluding hydrogens is 246 g/mol. The van der Waals surface area contributed by atoms with Crippen molar-refractivity contribution in [2.75, 3.05) is 12.4 Å². The fourth-order valence-electron chi connectivity index (χ4n) is 2.34. The van der Waals surface area contributed by atoms with Gasteiger partial charge in [-0.25, -0.2) is 4.98 Å². The number of benzene rings is 1. The molecule has 1 N–H and O–H groups in total. The second-order valence-corrected chi connectivity index (χ2v) is 4.67. The zero-order chi connectivity index (χ0) is 12.7. The van der Waals surface area contributed by atoms with Crippen LogP contribution in [-0.4, -0.2) is 12.0 Å². The van der Waals surface area contributed by atoms with Gasteiger partial charge in [0, 0.05) is 24.1 Å². The third-order valence-electron chi connectivity index (χ3n) is 3.16. The van der Waals surface area contributed by atoms with E-state index in [1.165, 1.54) is 5.56 Å². The van der Waals surface area contributed by atoms with Crippen LogP contribution < -0.4 is 5.32 Å². The summed E-state index contributed by atoms with van der Waals surface area (Å²) in [6.07, 6.45) is 0.789. The predicted octanol–water partition coefficient (Wildman–Crippen LogP) is 3.22. The molecule has 1 heterocycles. The van der Waals surface area contributed by atoms with Crippen LogP contribution in [0.25, 0.3) is 11.3 Å². The topological polar surface area (TPSA) is 48.7 Å². The van der Waals surface area contributed by atoms with Crippen molar-refractivity contribution in [1.82, 2.24) is 4.98 Å².